The molecule has 1 atom stereocenters. The number of aryl methyl sites for hydroxylation is 1. The second-order valence-corrected chi connectivity index (χ2v) is 6.51. The van der Waals surface area contributed by atoms with Gasteiger partial charge in [-0.1, -0.05) is 24.3 Å². The molecule has 134 valence electrons. The van der Waals surface area contributed by atoms with E-state index in [1.54, 1.807) is 14.2 Å². The SMILES string of the molecule is COc1ccc(C(c2ccccc2C)N2CCCNCC2)c(OC)c1. The Bertz CT molecular complexity index is 694. The van der Waals surface area contributed by atoms with Gasteiger partial charge in [0.15, 0.2) is 0 Å². The van der Waals surface area contributed by atoms with Gasteiger partial charge < -0.3 is 14.8 Å². The van der Waals surface area contributed by atoms with Crippen LogP contribution in [0.25, 0.3) is 0 Å². The zero-order valence-corrected chi connectivity index (χ0v) is 15.4. The van der Waals surface area contributed by atoms with Crippen LogP contribution in [0.3, 0.4) is 0 Å². The highest BCUT2D eigenvalue weighted by Crippen LogP contribution is 2.38. The molecule has 1 aliphatic heterocycles. The maximum atomic E-state index is 5.73. The summed E-state index contributed by atoms with van der Waals surface area (Å²) in [5.41, 5.74) is 3.84. The summed E-state index contributed by atoms with van der Waals surface area (Å²) in [4.78, 5) is 2.56. The van der Waals surface area contributed by atoms with E-state index in [0.29, 0.717) is 0 Å². The molecule has 2 aromatic rings. The summed E-state index contributed by atoms with van der Waals surface area (Å²) in [6, 6.07) is 15.0. The summed E-state index contributed by atoms with van der Waals surface area (Å²) >= 11 is 0. The Morgan fingerprint density at radius 1 is 0.960 bits per heavy atom. The van der Waals surface area contributed by atoms with E-state index in [4.69, 9.17) is 9.47 Å². The number of nitrogens with one attached hydrogen (secondary N) is 1. The number of nitrogens with zero attached hydrogens (tertiary/aromatic N) is 1. The number of rotatable bonds is 5. The summed E-state index contributed by atoms with van der Waals surface area (Å²) in [7, 11) is 3.42. The van der Waals surface area contributed by atoms with Crippen molar-refractivity contribution in [2.75, 3.05) is 40.4 Å². The molecule has 4 nitrogen and oxygen atoms in total. The number of methoxy groups -OCH3 is 2. The van der Waals surface area contributed by atoms with Crippen LogP contribution in [-0.2, 0) is 0 Å². The van der Waals surface area contributed by atoms with E-state index in [1.807, 2.05) is 12.1 Å². The van der Waals surface area contributed by atoms with E-state index < -0.39 is 0 Å². The highest BCUT2D eigenvalue weighted by atomic mass is 16.5. The Morgan fingerprint density at radius 2 is 1.80 bits per heavy atom. The second-order valence-electron chi connectivity index (χ2n) is 6.51. The van der Waals surface area contributed by atoms with Crippen molar-refractivity contribution in [3.8, 4) is 11.5 Å². The molecule has 3 rings (SSSR count). The fourth-order valence-corrected chi connectivity index (χ4v) is 3.62. The minimum absolute atomic E-state index is 0.182. The molecule has 0 aromatic heterocycles. The lowest BCUT2D eigenvalue weighted by Gasteiger charge is -2.33. The normalized spacial score (nSPS) is 16.9. The molecule has 1 heterocycles. The number of hydrogen-bond acceptors (Lipinski definition) is 4. The molecule has 2 aromatic carbocycles. The molecule has 1 fully saturated rings. The molecule has 1 N–H and O–H groups in total. The average Bonchev–Trinajstić information content (AvgIpc) is 2.93. The van der Waals surface area contributed by atoms with Gasteiger partial charge >= 0.3 is 0 Å². The van der Waals surface area contributed by atoms with Crippen molar-refractivity contribution in [1.82, 2.24) is 10.2 Å². The Labute approximate surface area is 150 Å². The lowest BCUT2D eigenvalue weighted by atomic mass is 9.92. The highest BCUT2D eigenvalue weighted by Gasteiger charge is 2.27. The molecule has 1 unspecified atom stereocenters. The van der Waals surface area contributed by atoms with Crippen molar-refractivity contribution in [2.24, 2.45) is 0 Å². The average molecular weight is 340 g/mol. The predicted molar refractivity (Wildman–Crippen MR) is 102 cm³/mol. The molecule has 0 saturated carbocycles. The third kappa shape index (κ3) is 3.97. The Morgan fingerprint density at radius 3 is 2.56 bits per heavy atom. The van der Waals surface area contributed by atoms with E-state index in [-0.39, 0.29) is 6.04 Å². The van der Waals surface area contributed by atoms with Crippen LogP contribution in [0.4, 0.5) is 0 Å². The van der Waals surface area contributed by atoms with Crippen LogP contribution < -0.4 is 14.8 Å². The summed E-state index contributed by atoms with van der Waals surface area (Å²) in [6.07, 6.45) is 1.15. The fraction of sp³-hybridized carbons (Fsp3) is 0.429. The largest absolute Gasteiger partial charge is 0.497 e. The summed E-state index contributed by atoms with van der Waals surface area (Å²) in [5.74, 6) is 1.70. The first-order chi connectivity index (χ1) is 12.2. The van der Waals surface area contributed by atoms with Gasteiger partial charge in [-0.05, 0) is 43.1 Å². The third-order valence-corrected chi connectivity index (χ3v) is 4.96. The minimum Gasteiger partial charge on any atom is -0.497 e. The molecular weight excluding hydrogens is 312 g/mol. The fourth-order valence-electron chi connectivity index (χ4n) is 3.62. The van der Waals surface area contributed by atoms with E-state index in [2.05, 4.69) is 47.5 Å². The first-order valence-electron chi connectivity index (χ1n) is 8.97. The maximum Gasteiger partial charge on any atom is 0.127 e. The van der Waals surface area contributed by atoms with Crippen LogP contribution in [-0.4, -0.2) is 45.3 Å². The summed E-state index contributed by atoms with van der Waals surface area (Å²) in [6.45, 7) is 6.38. The lowest BCUT2D eigenvalue weighted by molar-refractivity contribution is 0.235. The van der Waals surface area contributed by atoms with Crippen LogP contribution >= 0.6 is 0 Å². The van der Waals surface area contributed by atoms with E-state index in [0.717, 1.165) is 44.1 Å². The number of benzene rings is 2. The number of ether oxygens (including phenoxy) is 2. The summed E-state index contributed by atoms with van der Waals surface area (Å²) in [5, 5.41) is 3.50. The molecule has 4 heteroatoms. The topological polar surface area (TPSA) is 33.7 Å². The Hall–Kier alpha value is -2.04. The molecule has 25 heavy (non-hydrogen) atoms. The van der Waals surface area contributed by atoms with Gasteiger partial charge in [0, 0.05) is 31.3 Å². The summed E-state index contributed by atoms with van der Waals surface area (Å²) < 4.78 is 11.1. The van der Waals surface area contributed by atoms with Crippen LogP contribution in [0.15, 0.2) is 42.5 Å². The zero-order valence-electron chi connectivity index (χ0n) is 15.4. The predicted octanol–water partition coefficient (Wildman–Crippen LogP) is 3.40. The van der Waals surface area contributed by atoms with Gasteiger partial charge in [0.2, 0.25) is 0 Å². The zero-order chi connectivity index (χ0) is 17.6. The molecular formula is C21H28N2O2. The van der Waals surface area contributed by atoms with Crippen molar-refractivity contribution < 1.29 is 9.47 Å². The van der Waals surface area contributed by atoms with Crippen molar-refractivity contribution in [1.29, 1.82) is 0 Å². The van der Waals surface area contributed by atoms with Crippen LogP contribution in [0, 0.1) is 6.92 Å². The van der Waals surface area contributed by atoms with Crippen molar-refractivity contribution in [3.63, 3.8) is 0 Å². The number of hydrogen-bond donors (Lipinski definition) is 1. The van der Waals surface area contributed by atoms with Gasteiger partial charge in [-0.3, -0.25) is 4.90 Å². The quantitative estimate of drug-likeness (QED) is 0.904. The standard InChI is InChI=1S/C21H28N2O2/c1-16-7-4-5-8-18(16)21(23-13-6-11-22-12-14-23)19-10-9-17(24-2)15-20(19)25-3/h4-5,7-10,15,21-22H,6,11-14H2,1-3H3. The Kier molecular flexibility index (Phi) is 5.95. The first-order valence-corrected chi connectivity index (χ1v) is 8.97. The van der Waals surface area contributed by atoms with Crippen LogP contribution in [0.2, 0.25) is 0 Å². The maximum absolute atomic E-state index is 5.73. The van der Waals surface area contributed by atoms with Gasteiger partial charge in [-0.15, -0.1) is 0 Å². The molecule has 1 saturated heterocycles. The lowest BCUT2D eigenvalue weighted by Crippen LogP contribution is -2.33. The van der Waals surface area contributed by atoms with Gasteiger partial charge in [0.1, 0.15) is 11.5 Å². The molecule has 1 aliphatic rings. The van der Waals surface area contributed by atoms with Crippen molar-refractivity contribution in [2.45, 2.75) is 19.4 Å². The van der Waals surface area contributed by atoms with E-state index >= 15 is 0 Å². The van der Waals surface area contributed by atoms with Crippen LogP contribution in [0.1, 0.15) is 29.2 Å². The van der Waals surface area contributed by atoms with Crippen molar-refractivity contribution in [3.05, 3.63) is 59.2 Å². The van der Waals surface area contributed by atoms with E-state index in [1.165, 1.54) is 16.7 Å². The minimum atomic E-state index is 0.182. The molecule has 0 spiro atoms. The van der Waals surface area contributed by atoms with Gasteiger partial charge in [-0.25, -0.2) is 0 Å². The second kappa shape index (κ2) is 8.37. The highest BCUT2D eigenvalue weighted by molar-refractivity contribution is 5.47. The van der Waals surface area contributed by atoms with Crippen molar-refractivity contribution >= 4 is 0 Å². The van der Waals surface area contributed by atoms with Gasteiger partial charge in [-0.2, -0.15) is 0 Å². The Balaban J connectivity index is 2.09. The third-order valence-electron chi connectivity index (χ3n) is 4.96. The smallest absolute Gasteiger partial charge is 0.127 e. The first kappa shape index (κ1) is 17.8. The van der Waals surface area contributed by atoms with Gasteiger partial charge in [0.05, 0.1) is 20.3 Å². The van der Waals surface area contributed by atoms with E-state index in [9.17, 15) is 0 Å². The molecule has 0 amide bonds. The monoisotopic (exact) mass is 340 g/mol. The van der Waals surface area contributed by atoms with Gasteiger partial charge in [0.25, 0.3) is 0 Å². The molecule has 0 bridgehead atoms. The van der Waals surface area contributed by atoms with Crippen LogP contribution in [0.5, 0.6) is 11.5 Å². The molecule has 0 radical (unpaired) electrons. The molecule has 0 aliphatic carbocycles.